The molecule has 0 heterocycles. The van der Waals surface area contributed by atoms with Gasteiger partial charge in [0.25, 0.3) is 0 Å². The molecule has 0 aliphatic rings. The van der Waals surface area contributed by atoms with Gasteiger partial charge in [0.2, 0.25) is 5.91 Å². The molecule has 0 fully saturated rings. The summed E-state index contributed by atoms with van der Waals surface area (Å²) in [6.07, 6.45) is 65.7. The molecular formula is C59H107NO5. The topological polar surface area (TPSA) is 95.9 Å². The molecule has 3 N–H and O–H groups in total. The van der Waals surface area contributed by atoms with E-state index in [4.69, 9.17) is 4.74 Å². The van der Waals surface area contributed by atoms with Crippen molar-refractivity contribution in [3.63, 3.8) is 0 Å². The van der Waals surface area contributed by atoms with Gasteiger partial charge in [0.1, 0.15) is 6.10 Å². The summed E-state index contributed by atoms with van der Waals surface area (Å²) in [6.45, 7) is 6.37. The summed E-state index contributed by atoms with van der Waals surface area (Å²) in [4.78, 5) is 26.2. The van der Waals surface area contributed by atoms with Crippen molar-refractivity contribution in [2.75, 3.05) is 6.61 Å². The fraction of sp³-hybridized carbons (Fsp3) is 0.797. The molecule has 1 amide bonds. The fourth-order valence-electron chi connectivity index (χ4n) is 8.36. The number of ether oxygens (including phenoxy) is 1. The first-order valence-electron chi connectivity index (χ1n) is 28.0. The molecular weight excluding hydrogens is 803 g/mol. The number of unbranched alkanes of at least 4 members (excludes halogenated alkanes) is 28. The second-order valence-electron chi connectivity index (χ2n) is 19.0. The monoisotopic (exact) mass is 910 g/mol. The molecule has 0 aromatic rings. The molecule has 0 rings (SSSR count). The lowest BCUT2D eigenvalue weighted by Gasteiger charge is -2.24. The van der Waals surface area contributed by atoms with E-state index in [0.717, 1.165) is 96.3 Å². The Morgan fingerprint density at radius 2 is 0.831 bits per heavy atom. The quantitative estimate of drug-likeness (QED) is 0.0321. The van der Waals surface area contributed by atoms with Crippen molar-refractivity contribution in [3.8, 4) is 0 Å². The van der Waals surface area contributed by atoms with Crippen LogP contribution < -0.4 is 5.32 Å². The van der Waals surface area contributed by atoms with Gasteiger partial charge < -0.3 is 20.3 Å². The number of nitrogens with one attached hydrogen (secondary N) is 1. The highest BCUT2D eigenvalue weighted by atomic mass is 16.5. The normalized spacial score (nSPS) is 13.6. The predicted molar refractivity (Wildman–Crippen MR) is 282 cm³/mol. The Balaban J connectivity index is 4.57. The first-order valence-corrected chi connectivity index (χ1v) is 28.0. The van der Waals surface area contributed by atoms with Crippen LogP contribution >= 0.6 is 0 Å². The van der Waals surface area contributed by atoms with Crippen molar-refractivity contribution in [1.82, 2.24) is 5.32 Å². The molecule has 0 saturated heterocycles. The number of amides is 1. The Labute approximate surface area is 403 Å². The van der Waals surface area contributed by atoms with Crippen LogP contribution in [-0.2, 0) is 14.3 Å². The molecule has 0 saturated carbocycles. The second-order valence-corrected chi connectivity index (χ2v) is 19.0. The Morgan fingerprint density at radius 1 is 0.462 bits per heavy atom. The molecule has 0 aromatic heterocycles. The van der Waals surface area contributed by atoms with E-state index in [2.05, 4.69) is 86.8 Å². The number of rotatable bonds is 50. The summed E-state index contributed by atoms with van der Waals surface area (Å²) < 4.78 is 5.93. The van der Waals surface area contributed by atoms with Gasteiger partial charge in [-0.3, -0.25) is 9.59 Å². The first kappa shape index (κ1) is 62.6. The average Bonchev–Trinajstić information content (AvgIpc) is 3.30. The van der Waals surface area contributed by atoms with E-state index in [1.54, 1.807) is 0 Å². The van der Waals surface area contributed by atoms with Crippen LogP contribution in [-0.4, -0.2) is 46.9 Å². The van der Waals surface area contributed by atoms with Gasteiger partial charge in [-0.25, -0.2) is 0 Å². The number of allylic oxidation sites excluding steroid dienone is 10. The Morgan fingerprint density at radius 3 is 1.29 bits per heavy atom. The lowest BCUT2D eigenvalue weighted by molar-refractivity contribution is -0.151. The van der Waals surface area contributed by atoms with Crippen LogP contribution in [0, 0.1) is 0 Å². The number of hydrogen-bond acceptors (Lipinski definition) is 5. The van der Waals surface area contributed by atoms with E-state index < -0.39 is 18.2 Å². The number of esters is 1. The summed E-state index contributed by atoms with van der Waals surface area (Å²) in [6, 6.07) is -0.713. The SMILES string of the molecule is CC/C=C/C/C=C/C/C=C/C/C=C/CCCCCC(=O)OC(CCCCCCC/C=C\CCCCCC)CC(=O)NC(CO)C(O)CCCCCCCCCCCCCCCCCCC. The largest absolute Gasteiger partial charge is 0.462 e. The zero-order valence-corrected chi connectivity index (χ0v) is 43.1. The van der Waals surface area contributed by atoms with E-state index in [-0.39, 0.29) is 24.9 Å². The van der Waals surface area contributed by atoms with Crippen LogP contribution in [0.2, 0.25) is 0 Å². The number of aliphatic hydroxyl groups is 2. The molecule has 65 heavy (non-hydrogen) atoms. The van der Waals surface area contributed by atoms with Gasteiger partial charge in [0.05, 0.1) is 25.2 Å². The summed E-state index contributed by atoms with van der Waals surface area (Å²) in [5, 5.41) is 23.9. The third-order valence-corrected chi connectivity index (χ3v) is 12.6. The van der Waals surface area contributed by atoms with Gasteiger partial charge in [0, 0.05) is 6.42 Å². The van der Waals surface area contributed by atoms with Gasteiger partial charge >= 0.3 is 5.97 Å². The molecule has 6 nitrogen and oxygen atoms in total. The van der Waals surface area contributed by atoms with Gasteiger partial charge in [-0.05, 0) is 89.9 Å². The van der Waals surface area contributed by atoms with Crippen LogP contribution in [0.4, 0.5) is 0 Å². The molecule has 378 valence electrons. The maximum absolute atomic E-state index is 13.2. The van der Waals surface area contributed by atoms with Crippen LogP contribution in [0.25, 0.3) is 0 Å². The maximum Gasteiger partial charge on any atom is 0.306 e. The number of hydrogen-bond donors (Lipinski definition) is 3. The predicted octanol–water partition coefficient (Wildman–Crippen LogP) is 17.2. The van der Waals surface area contributed by atoms with Gasteiger partial charge in [-0.15, -0.1) is 0 Å². The molecule has 0 aromatic carbocycles. The van der Waals surface area contributed by atoms with Crippen molar-refractivity contribution in [2.45, 2.75) is 296 Å². The minimum Gasteiger partial charge on any atom is -0.462 e. The third-order valence-electron chi connectivity index (χ3n) is 12.6. The highest BCUT2D eigenvalue weighted by molar-refractivity contribution is 5.77. The fourth-order valence-corrected chi connectivity index (χ4v) is 8.36. The highest BCUT2D eigenvalue weighted by Gasteiger charge is 2.24. The zero-order valence-electron chi connectivity index (χ0n) is 43.1. The number of aliphatic hydroxyl groups excluding tert-OH is 2. The van der Waals surface area contributed by atoms with Crippen LogP contribution in [0.5, 0.6) is 0 Å². The van der Waals surface area contributed by atoms with E-state index in [0.29, 0.717) is 19.3 Å². The third kappa shape index (κ3) is 47.8. The minimum absolute atomic E-state index is 0.0585. The van der Waals surface area contributed by atoms with E-state index in [1.165, 1.54) is 135 Å². The Kier molecular flexibility index (Phi) is 50.6. The Hall–Kier alpha value is -2.44. The second kappa shape index (κ2) is 52.5. The zero-order chi connectivity index (χ0) is 47.4. The van der Waals surface area contributed by atoms with E-state index >= 15 is 0 Å². The molecule has 0 radical (unpaired) electrons. The van der Waals surface area contributed by atoms with Gasteiger partial charge in [0.15, 0.2) is 0 Å². The van der Waals surface area contributed by atoms with E-state index in [9.17, 15) is 19.8 Å². The van der Waals surface area contributed by atoms with Crippen molar-refractivity contribution >= 4 is 11.9 Å². The van der Waals surface area contributed by atoms with Crippen molar-refractivity contribution < 1.29 is 24.5 Å². The van der Waals surface area contributed by atoms with Gasteiger partial charge in [-0.1, -0.05) is 236 Å². The summed E-state index contributed by atoms with van der Waals surface area (Å²) >= 11 is 0. The van der Waals surface area contributed by atoms with Gasteiger partial charge in [-0.2, -0.15) is 0 Å². The Bertz CT molecular complexity index is 1160. The number of carbonyl (C=O) groups excluding carboxylic acids is 2. The molecule has 0 spiro atoms. The maximum atomic E-state index is 13.2. The molecule has 0 aliphatic heterocycles. The molecule has 6 heteroatoms. The van der Waals surface area contributed by atoms with Crippen molar-refractivity contribution in [1.29, 1.82) is 0 Å². The highest BCUT2D eigenvalue weighted by Crippen LogP contribution is 2.18. The standard InChI is InChI=1S/C59H107NO5/c1-4-7-10-13-16-19-22-25-27-29-30-33-36-39-42-45-48-51-57(62)56(54-61)60-58(63)53-55(50-47-44-41-38-35-32-24-21-18-15-12-9-6-3)65-59(64)52-49-46-43-40-37-34-31-28-26-23-20-17-14-11-8-5-2/h8,11,17,20-21,24,26,28,34,37,55-57,61-62H,4-7,9-10,12-16,18-19,22-23,25,27,29-33,35-36,38-54H2,1-3H3,(H,60,63)/b11-8+,20-17+,24-21-,28-26+,37-34+. The van der Waals surface area contributed by atoms with Crippen LogP contribution in [0.3, 0.4) is 0 Å². The smallest absolute Gasteiger partial charge is 0.306 e. The van der Waals surface area contributed by atoms with Crippen molar-refractivity contribution in [3.05, 3.63) is 60.8 Å². The van der Waals surface area contributed by atoms with E-state index in [1.807, 2.05) is 0 Å². The molecule has 0 aliphatic carbocycles. The lowest BCUT2D eigenvalue weighted by Crippen LogP contribution is -2.46. The van der Waals surface area contributed by atoms with Crippen LogP contribution in [0.1, 0.15) is 278 Å². The molecule has 3 atom stereocenters. The number of carbonyl (C=O) groups is 2. The summed E-state index contributed by atoms with van der Waals surface area (Å²) in [5.74, 6) is -0.513. The molecule has 0 bridgehead atoms. The lowest BCUT2D eigenvalue weighted by atomic mass is 10.0. The van der Waals surface area contributed by atoms with Crippen molar-refractivity contribution in [2.24, 2.45) is 0 Å². The minimum atomic E-state index is -0.797. The average molecular weight is 911 g/mol. The van der Waals surface area contributed by atoms with Crippen LogP contribution in [0.15, 0.2) is 60.8 Å². The summed E-state index contributed by atoms with van der Waals surface area (Å²) in [5.41, 5.74) is 0. The summed E-state index contributed by atoms with van der Waals surface area (Å²) in [7, 11) is 0. The first-order chi connectivity index (χ1) is 32.0. The molecule has 3 unspecified atom stereocenters.